The summed E-state index contributed by atoms with van der Waals surface area (Å²) in [6.07, 6.45) is 2.16. The van der Waals surface area contributed by atoms with Gasteiger partial charge >= 0.3 is 0 Å². The second-order valence-corrected chi connectivity index (χ2v) is 8.53. The van der Waals surface area contributed by atoms with Crippen LogP contribution >= 0.6 is 0 Å². The maximum Gasteiger partial charge on any atom is 0.128 e. The number of hydrogen-bond donors (Lipinski definition) is 0. The Morgan fingerprint density at radius 3 is 2.06 bits per heavy atom. The van der Waals surface area contributed by atoms with Crippen LogP contribution in [0.25, 0.3) is 0 Å². The van der Waals surface area contributed by atoms with Crippen LogP contribution < -0.4 is 0 Å². The smallest absolute Gasteiger partial charge is 0.128 e. The molecule has 158 valence electrons. The van der Waals surface area contributed by atoms with Crippen molar-refractivity contribution >= 4 is 5.71 Å². The Bertz CT molecular complexity index is 1020. The third-order valence-electron chi connectivity index (χ3n) is 6.72. The fraction of sp³-hybridized carbons (Fsp3) is 0.296. The fourth-order valence-corrected chi connectivity index (χ4v) is 5.22. The van der Waals surface area contributed by atoms with Gasteiger partial charge < -0.3 is 0 Å². The molecule has 0 aromatic heterocycles. The van der Waals surface area contributed by atoms with E-state index in [1.807, 2.05) is 12.1 Å². The number of halogens is 2. The topological polar surface area (TPSA) is 15.6 Å². The minimum atomic E-state index is -0.423. The molecule has 3 heterocycles. The number of fused-ring (bicyclic) bond motifs is 3. The lowest BCUT2D eigenvalue weighted by atomic mass is 9.72. The Hall–Kier alpha value is -2.85. The van der Waals surface area contributed by atoms with Crippen molar-refractivity contribution in [2.45, 2.75) is 31.3 Å². The number of piperidine rings is 3. The van der Waals surface area contributed by atoms with Crippen LogP contribution in [0.1, 0.15) is 35.4 Å². The summed E-state index contributed by atoms with van der Waals surface area (Å²) in [7, 11) is 0. The molecule has 3 saturated heterocycles. The molecule has 0 N–H and O–H groups in total. The number of hydrogen-bond acceptors (Lipinski definition) is 2. The molecular weight excluding hydrogens is 390 g/mol. The molecule has 3 fully saturated rings. The quantitative estimate of drug-likeness (QED) is 0.511. The summed E-state index contributed by atoms with van der Waals surface area (Å²) in [4.78, 5) is 7.49. The van der Waals surface area contributed by atoms with Gasteiger partial charge in [0.15, 0.2) is 0 Å². The number of aliphatic imine (C=N–C) groups is 1. The van der Waals surface area contributed by atoms with Gasteiger partial charge in [-0.3, -0.25) is 9.89 Å². The van der Waals surface area contributed by atoms with Gasteiger partial charge in [0.2, 0.25) is 0 Å². The lowest BCUT2D eigenvalue weighted by Gasteiger charge is -2.49. The normalized spacial score (nSPS) is 24.1. The van der Waals surface area contributed by atoms with Crippen molar-refractivity contribution in [2.75, 3.05) is 13.1 Å². The Kier molecular flexibility index (Phi) is 5.65. The van der Waals surface area contributed by atoms with E-state index in [0.717, 1.165) is 37.7 Å². The van der Waals surface area contributed by atoms with Crippen LogP contribution in [0.15, 0.2) is 83.9 Å². The minimum Gasteiger partial charge on any atom is -0.294 e. The van der Waals surface area contributed by atoms with Crippen LogP contribution in [0.3, 0.4) is 0 Å². The predicted octanol–water partition coefficient (Wildman–Crippen LogP) is 5.83. The van der Waals surface area contributed by atoms with Gasteiger partial charge in [0.25, 0.3) is 0 Å². The standard InChI is InChI=1S/C27H26F2N2/c28-23-11-12-24(29)22(17-23)18-30-26-21-13-15-31(16-14-21)27(26)25(19-7-3-1-4-8-19)20-9-5-2-6-10-20/h1-12,17,21,25,27H,13-16,18H2. The molecule has 3 aliphatic rings. The summed E-state index contributed by atoms with van der Waals surface area (Å²) in [6.45, 7) is 2.29. The Balaban J connectivity index is 1.57. The lowest BCUT2D eigenvalue weighted by Crippen LogP contribution is -2.58. The third-order valence-corrected chi connectivity index (χ3v) is 6.72. The maximum absolute atomic E-state index is 14.3. The van der Waals surface area contributed by atoms with Gasteiger partial charge in [-0.25, -0.2) is 8.78 Å². The number of rotatable bonds is 5. The molecule has 31 heavy (non-hydrogen) atoms. The van der Waals surface area contributed by atoms with Gasteiger partial charge in [-0.2, -0.15) is 0 Å². The molecule has 4 heteroatoms. The van der Waals surface area contributed by atoms with E-state index in [1.165, 1.54) is 23.3 Å². The van der Waals surface area contributed by atoms with Crippen LogP contribution in [0.2, 0.25) is 0 Å². The zero-order valence-corrected chi connectivity index (χ0v) is 17.4. The van der Waals surface area contributed by atoms with E-state index >= 15 is 0 Å². The molecule has 0 spiro atoms. The van der Waals surface area contributed by atoms with Crippen molar-refractivity contribution in [3.63, 3.8) is 0 Å². The molecule has 2 nitrogen and oxygen atoms in total. The van der Waals surface area contributed by atoms with Crippen molar-refractivity contribution in [2.24, 2.45) is 10.9 Å². The molecule has 1 atom stereocenters. The molecule has 6 rings (SSSR count). The van der Waals surface area contributed by atoms with E-state index in [1.54, 1.807) is 0 Å². The highest BCUT2D eigenvalue weighted by molar-refractivity contribution is 5.94. The highest BCUT2D eigenvalue weighted by atomic mass is 19.1. The summed E-state index contributed by atoms with van der Waals surface area (Å²) >= 11 is 0. The first-order chi connectivity index (χ1) is 15.2. The largest absolute Gasteiger partial charge is 0.294 e. The number of benzene rings is 3. The lowest BCUT2D eigenvalue weighted by molar-refractivity contribution is 0.135. The second-order valence-electron chi connectivity index (χ2n) is 8.53. The third kappa shape index (κ3) is 4.05. The van der Waals surface area contributed by atoms with Crippen LogP contribution in [0.5, 0.6) is 0 Å². The SMILES string of the molecule is Fc1ccc(F)c(CN=C2C3CCN(CC3)C2C(c2ccccc2)c2ccccc2)c1. The van der Waals surface area contributed by atoms with Gasteiger partial charge in [0, 0.05) is 23.1 Å². The highest BCUT2D eigenvalue weighted by Gasteiger charge is 2.43. The molecule has 0 saturated carbocycles. The summed E-state index contributed by atoms with van der Waals surface area (Å²) in [5.74, 6) is -0.261. The zero-order valence-electron chi connectivity index (χ0n) is 17.4. The van der Waals surface area contributed by atoms with E-state index in [2.05, 4.69) is 53.4 Å². The van der Waals surface area contributed by atoms with Gasteiger partial charge in [0.05, 0.1) is 12.6 Å². The monoisotopic (exact) mass is 416 g/mol. The maximum atomic E-state index is 14.3. The van der Waals surface area contributed by atoms with Crippen molar-refractivity contribution in [1.82, 2.24) is 4.90 Å². The van der Waals surface area contributed by atoms with Crippen LogP contribution in [-0.2, 0) is 6.54 Å². The van der Waals surface area contributed by atoms with Gasteiger partial charge in [-0.1, -0.05) is 60.7 Å². The van der Waals surface area contributed by atoms with E-state index in [4.69, 9.17) is 4.99 Å². The Labute approximate surface area is 182 Å². The molecule has 3 aromatic rings. The number of nitrogens with zero attached hydrogens (tertiary/aromatic N) is 2. The summed E-state index contributed by atoms with van der Waals surface area (Å²) in [5, 5.41) is 0. The first-order valence-electron chi connectivity index (χ1n) is 11.0. The van der Waals surface area contributed by atoms with Crippen molar-refractivity contribution in [3.05, 3.63) is 107 Å². The molecule has 3 aromatic carbocycles. The predicted molar refractivity (Wildman–Crippen MR) is 120 cm³/mol. The highest BCUT2D eigenvalue weighted by Crippen LogP contribution is 2.40. The van der Waals surface area contributed by atoms with E-state index in [9.17, 15) is 8.78 Å². The average molecular weight is 417 g/mol. The van der Waals surface area contributed by atoms with Crippen LogP contribution in [0.4, 0.5) is 8.78 Å². The fourth-order valence-electron chi connectivity index (χ4n) is 5.22. The van der Waals surface area contributed by atoms with E-state index in [0.29, 0.717) is 11.5 Å². The molecule has 0 radical (unpaired) electrons. The summed E-state index contributed by atoms with van der Waals surface area (Å²) < 4.78 is 27.9. The summed E-state index contributed by atoms with van der Waals surface area (Å²) in [6, 6.07) is 24.9. The van der Waals surface area contributed by atoms with E-state index in [-0.39, 0.29) is 18.5 Å². The first-order valence-corrected chi connectivity index (χ1v) is 11.0. The van der Waals surface area contributed by atoms with E-state index < -0.39 is 11.6 Å². The zero-order chi connectivity index (χ0) is 21.2. The average Bonchev–Trinajstić information content (AvgIpc) is 2.82. The van der Waals surface area contributed by atoms with Gasteiger partial charge in [-0.05, 0) is 55.3 Å². The first kappa shape index (κ1) is 20.1. The Morgan fingerprint density at radius 2 is 1.45 bits per heavy atom. The molecule has 0 amide bonds. The van der Waals surface area contributed by atoms with Crippen LogP contribution in [0, 0.1) is 17.6 Å². The molecule has 3 aliphatic heterocycles. The van der Waals surface area contributed by atoms with Crippen LogP contribution in [-0.4, -0.2) is 29.7 Å². The Morgan fingerprint density at radius 1 is 0.839 bits per heavy atom. The molecule has 1 unspecified atom stereocenters. The summed E-state index contributed by atoms with van der Waals surface area (Å²) in [5.41, 5.74) is 3.98. The van der Waals surface area contributed by atoms with Crippen molar-refractivity contribution < 1.29 is 8.78 Å². The van der Waals surface area contributed by atoms with Gasteiger partial charge in [0.1, 0.15) is 11.6 Å². The minimum absolute atomic E-state index is 0.133. The van der Waals surface area contributed by atoms with Crippen molar-refractivity contribution in [3.8, 4) is 0 Å². The second kappa shape index (κ2) is 8.72. The molecular formula is C27H26F2N2. The molecule has 2 bridgehead atoms. The van der Waals surface area contributed by atoms with Crippen molar-refractivity contribution in [1.29, 1.82) is 0 Å². The molecule has 0 aliphatic carbocycles. The van der Waals surface area contributed by atoms with Gasteiger partial charge in [-0.15, -0.1) is 0 Å².